The largest absolute Gasteiger partial charge is 0.349 e. The SMILES string of the molecule is C=CCNC(=O)c1ccc(C#N)nc1. The Morgan fingerprint density at radius 1 is 1.71 bits per heavy atom. The van der Waals surface area contributed by atoms with Crippen LogP contribution in [0.1, 0.15) is 16.1 Å². The van der Waals surface area contributed by atoms with Crippen molar-refractivity contribution in [3.63, 3.8) is 0 Å². The fraction of sp³-hybridized carbons (Fsp3) is 0.100. The van der Waals surface area contributed by atoms with Gasteiger partial charge in [-0.15, -0.1) is 6.58 Å². The first-order chi connectivity index (χ1) is 6.77. The Labute approximate surface area is 81.9 Å². The maximum Gasteiger partial charge on any atom is 0.253 e. The van der Waals surface area contributed by atoms with Crippen LogP contribution in [0.2, 0.25) is 0 Å². The fourth-order valence-electron chi connectivity index (χ4n) is 0.861. The summed E-state index contributed by atoms with van der Waals surface area (Å²) in [4.78, 5) is 15.1. The molecule has 0 bridgehead atoms. The summed E-state index contributed by atoms with van der Waals surface area (Å²) in [7, 11) is 0. The van der Waals surface area contributed by atoms with E-state index in [2.05, 4.69) is 16.9 Å². The Hall–Kier alpha value is -2.15. The fourth-order valence-corrected chi connectivity index (χ4v) is 0.861. The van der Waals surface area contributed by atoms with Crippen LogP contribution in [0.25, 0.3) is 0 Å². The molecule has 1 N–H and O–H groups in total. The van der Waals surface area contributed by atoms with Crippen LogP contribution < -0.4 is 5.32 Å². The predicted octanol–water partition coefficient (Wildman–Crippen LogP) is 0.869. The van der Waals surface area contributed by atoms with Gasteiger partial charge >= 0.3 is 0 Å². The molecule has 0 spiro atoms. The van der Waals surface area contributed by atoms with Crippen LogP contribution in [-0.4, -0.2) is 17.4 Å². The summed E-state index contributed by atoms with van der Waals surface area (Å²) in [5.41, 5.74) is 0.733. The third-order valence-corrected chi connectivity index (χ3v) is 1.55. The van der Waals surface area contributed by atoms with E-state index in [0.717, 1.165) is 0 Å². The average Bonchev–Trinajstić information content (AvgIpc) is 2.26. The molecule has 1 amide bonds. The van der Waals surface area contributed by atoms with Crippen molar-refractivity contribution >= 4 is 5.91 Å². The molecule has 1 aromatic heterocycles. The molecule has 70 valence electrons. The topological polar surface area (TPSA) is 65.8 Å². The zero-order valence-corrected chi connectivity index (χ0v) is 7.53. The van der Waals surface area contributed by atoms with Crippen molar-refractivity contribution in [2.45, 2.75) is 0 Å². The van der Waals surface area contributed by atoms with Crippen molar-refractivity contribution in [1.82, 2.24) is 10.3 Å². The van der Waals surface area contributed by atoms with Crippen LogP contribution in [0.3, 0.4) is 0 Å². The monoisotopic (exact) mass is 187 g/mol. The number of pyridine rings is 1. The van der Waals surface area contributed by atoms with E-state index in [1.807, 2.05) is 6.07 Å². The van der Waals surface area contributed by atoms with Gasteiger partial charge in [0.05, 0.1) is 5.56 Å². The van der Waals surface area contributed by atoms with Gasteiger partial charge in [-0.25, -0.2) is 4.98 Å². The number of aromatic nitrogens is 1. The molecule has 0 aromatic carbocycles. The first-order valence-electron chi connectivity index (χ1n) is 4.03. The highest BCUT2D eigenvalue weighted by atomic mass is 16.1. The van der Waals surface area contributed by atoms with Gasteiger partial charge in [0.1, 0.15) is 11.8 Å². The maximum atomic E-state index is 11.3. The van der Waals surface area contributed by atoms with Gasteiger partial charge in [-0.3, -0.25) is 4.79 Å². The van der Waals surface area contributed by atoms with Crippen LogP contribution in [0, 0.1) is 11.3 Å². The number of nitrogens with zero attached hydrogens (tertiary/aromatic N) is 2. The van der Waals surface area contributed by atoms with Crippen molar-refractivity contribution in [3.05, 3.63) is 42.2 Å². The van der Waals surface area contributed by atoms with E-state index < -0.39 is 0 Å². The molecule has 0 aliphatic carbocycles. The first-order valence-corrected chi connectivity index (χ1v) is 4.03. The Kier molecular flexibility index (Phi) is 3.39. The molecule has 0 saturated carbocycles. The second kappa shape index (κ2) is 4.77. The third-order valence-electron chi connectivity index (χ3n) is 1.55. The molecule has 1 aromatic rings. The van der Waals surface area contributed by atoms with E-state index in [-0.39, 0.29) is 5.91 Å². The molecule has 4 heteroatoms. The number of amides is 1. The summed E-state index contributed by atoms with van der Waals surface area (Å²) < 4.78 is 0. The van der Waals surface area contributed by atoms with Crippen molar-refractivity contribution in [1.29, 1.82) is 5.26 Å². The maximum absolute atomic E-state index is 11.3. The highest BCUT2D eigenvalue weighted by Crippen LogP contribution is 1.98. The van der Waals surface area contributed by atoms with Crippen LogP contribution in [0.5, 0.6) is 0 Å². The van der Waals surface area contributed by atoms with Gasteiger partial charge in [-0.2, -0.15) is 5.26 Å². The standard InChI is InChI=1S/C10H9N3O/c1-2-5-12-10(14)8-3-4-9(6-11)13-7-8/h2-4,7H,1,5H2,(H,12,14). The minimum atomic E-state index is -0.220. The Morgan fingerprint density at radius 2 is 2.50 bits per heavy atom. The number of hydrogen-bond acceptors (Lipinski definition) is 3. The van der Waals surface area contributed by atoms with Crippen LogP contribution in [-0.2, 0) is 0 Å². The molecule has 0 saturated heterocycles. The third kappa shape index (κ3) is 2.42. The van der Waals surface area contributed by atoms with Crippen molar-refractivity contribution in [2.24, 2.45) is 0 Å². The van der Waals surface area contributed by atoms with Gasteiger partial charge in [0.15, 0.2) is 0 Å². The second-order valence-electron chi connectivity index (χ2n) is 2.54. The van der Waals surface area contributed by atoms with Gasteiger partial charge in [0, 0.05) is 12.7 Å². The molecule has 14 heavy (non-hydrogen) atoms. The zero-order valence-electron chi connectivity index (χ0n) is 7.53. The number of nitriles is 1. The molecular weight excluding hydrogens is 178 g/mol. The summed E-state index contributed by atoms with van der Waals surface area (Å²) in [6.45, 7) is 3.90. The van der Waals surface area contributed by atoms with E-state index in [4.69, 9.17) is 5.26 Å². The lowest BCUT2D eigenvalue weighted by atomic mass is 10.2. The van der Waals surface area contributed by atoms with Crippen molar-refractivity contribution < 1.29 is 4.79 Å². The highest BCUT2D eigenvalue weighted by molar-refractivity contribution is 5.93. The summed E-state index contributed by atoms with van der Waals surface area (Å²) in [5, 5.41) is 11.1. The van der Waals surface area contributed by atoms with Crippen molar-refractivity contribution in [2.75, 3.05) is 6.54 Å². The minimum Gasteiger partial charge on any atom is -0.349 e. The number of carbonyl (C=O) groups excluding carboxylic acids is 1. The summed E-state index contributed by atoms with van der Waals surface area (Å²) in [6.07, 6.45) is 2.96. The van der Waals surface area contributed by atoms with Crippen LogP contribution >= 0.6 is 0 Å². The molecule has 0 unspecified atom stereocenters. The smallest absolute Gasteiger partial charge is 0.253 e. The lowest BCUT2D eigenvalue weighted by Gasteiger charge is -2.00. The lowest BCUT2D eigenvalue weighted by Crippen LogP contribution is -2.23. The normalized spacial score (nSPS) is 8.79. The molecule has 0 fully saturated rings. The van der Waals surface area contributed by atoms with Gasteiger partial charge in [0.2, 0.25) is 0 Å². The van der Waals surface area contributed by atoms with E-state index in [1.165, 1.54) is 12.3 Å². The Morgan fingerprint density at radius 3 is 3.00 bits per heavy atom. The van der Waals surface area contributed by atoms with Crippen LogP contribution in [0.4, 0.5) is 0 Å². The van der Waals surface area contributed by atoms with E-state index >= 15 is 0 Å². The summed E-state index contributed by atoms with van der Waals surface area (Å²) >= 11 is 0. The summed E-state index contributed by atoms with van der Waals surface area (Å²) in [6, 6.07) is 4.94. The minimum absolute atomic E-state index is 0.220. The molecule has 0 radical (unpaired) electrons. The van der Waals surface area contributed by atoms with E-state index in [9.17, 15) is 4.79 Å². The number of rotatable bonds is 3. The second-order valence-corrected chi connectivity index (χ2v) is 2.54. The molecule has 4 nitrogen and oxygen atoms in total. The molecule has 0 atom stereocenters. The molecule has 1 heterocycles. The highest BCUT2D eigenvalue weighted by Gasteiger charge is 2.03. The van der Waals surface area contributed by atoms with Crippen molar-refractivity contribution in [3.8, 4) is 6.07 Å². The first kappa shape index (κ1) is 9.93. The molecular formula is C10H9N3O. The number of carbonyl (C=O) groups is 1. The number of hydrogen-bond donors (Lipinski definition) is 1. The Balaban J connectivity index is 2.72. The summed E-state index contributed by atoms with van der Waals surface area (Å²) in [5.74, 6) is -0.220. The van der Waals surface area contributed by atoms with Gasteiger partial charge in [-0.05, 0) is 12.1 Å². The molecule has 0 aliphatic heterocycles. The Bertz CT molecular complexity index is 375. The predicted molar refractivity (Wildman–Crippen MR) is 51.5 cm³/mol. The zero-order chi connectivity index (χ0) is 10.4. The quantitative estimate of drug-likeness (QED) is 0.714. The van der Waals surface area contributed by atoms with Gasteiger partial charge in [-0.1, -0.05) is 6.08 Å². The van der Waals surface area contributed by atoms with Crippen LogP contribution in [0.15, 0.2) is 31.0 Å². The molecule has 1 rings (SSSR count). The van der Waals surface area contributed by atoms with Gasteiger partial charge in [0.25, 0.3) is 5.91 Å². The molecule has 0 aliphatic rings. The lowest BCUT2D eigenvalue weighted by molar-refractivity contribution is 0.0957. The van der Waals surface area contributed by atoms with E-state index in [1.54, 1.807) is 12.1 Å². The number of nitrogens with one attached hydrogen (secondary N) is 1. The average molecular weight is 187 g/mol. The van der Waals surface area contributed by atoms with Gasteiger partial charge < -0.3 is 5.32 Å². The van der Waals surface area contributed by atoms with E-state index in [0.29, 0.717) is 17.8 Å².